The second-order valence-electron chi connectivity index (χ2n) is 5.82. The number of nitrogens with one attached hydrogen (secondary N) is 1. The summed E-state index contributed by atoms with van der Waals surface area (Å²) in [6, 6.07) is 7.21. The molecule has 5 heteroatoms. The van der Waals surface area contributed by atoms with E-state index in [0.29, 0.717) is 17.5 Å². The fourth-order valence-electron chi connectivity index (χ4n) is 2.57. The molecule has 2 aliphatic rings. The van der Waals surface area contributed by atoms with Crippen molar-refractivity contribution in [3.05, 3.63) is 29.8 Å². The van der Waals surface area contributed by atoms with Crippen LogP contribution >= 0.6 is 0 Å². The molecule has 0 spiro atoms. The minimum Gasteiger partial charge on any atom is -0.399 e. The van der Waals surface area contributed by atoms with Crippen LogP contribution in [0.4, 0.5) is 5.69 Å². The van der Waals surface area contributed by atoms with E-state index in [9.17, 15) is 8.42 Å². The maximum atomic E-state index is 12.2. The van der Waals surface area contributed by atoms with Crippen LogP contribution in [-0.4, -0.2) is 14.5 Å². The lowest BCUT2D eigenvalue weighted by atomic mass is 10.1. The second-order valence-corrected chi connectivity index (χ2v) is 7.57. The van der Waals surface area contributed by atoms with Gasteiger partial charge in [-0.25, -0.2) is 13.1 Å². The number of nitrogen functional groups attached to an aromatic ring is 1. The highest BCUT2D eigenvalue weighted by Gasteiger charge is 2.43. The molecule has 1 aromatic rings. The van der Waals surface area contributed by atoms with E-state index in [1.54, 1.807) is 24.3 Å². The zero-order chi connectivity index (χ0) is 13.5. The Hall–Kier alpha value is -1.07. The van der Waals surface area contributed by atoms with E-state index in [2.05, 4.69) is 4.72 Å². The van der Waals surface area contributed by atoms with E-state index >= 15 is 0 Å². The van der Waals surface area contributed by atoms with Crippen LogP contribution in [0, 0.1) is 11.8 Å². The minimum absolute atomic E-state index is 0.0449. The van der Waals surface area contributed by atoms with Crippen molar-refractivity contribution in [2.24, 2.45) is 11.8 Å². The molecule has 4 nitrogen and oxygen atoms in total. The van der Waals surface area contributed by atoms with Crippen molar-refractivity contribution in [3.8, 4) is 0 Å². The van der Waals surface area contributed by atoms with Crippen LogP contribution < -0.4 is 10.5 Å². The molecule has 0 radical (unpaired) electrons. The molecular formula is C14H20N2O2S. The van der Waals surface area contributed by atoms with Crippen molar-refractivity contribution in [1.82, 2.24) is 4.72 Å². The Morgan fingerprint density at radius 2 is 1.63 bits per heavy atom. The molecule has 0 aliphatic heterocycles. The smallest absolute Gasteiger partial charge is 0.216 e. The summed E-state index contributed by atoms with van der Waals surface area (Å²) in [6.45, 7) is 0. The fraction of sp³-hybridized carbons (Fsp3) is 0.571. The number of rotatable bonds is 6. The number of benzene rings is 1. The van der Waals surface area contributed by atoms with E-state index in [4.69, 9.17) is 5.73 Å². The zero-order valence-electron chi connectivity index (χ0n) is 10.9. The Labute approximate surface area is 114 Å². The molecule has 0 saturated heterocycles. The van der Waals surface area contributed by atoms with Crippen molar-refractivity contribution in [2.75, 3.05) is 5.73 Å². The lowest BCUT2D eigenvalue weighted by Crippen LogP contribution is -2.38. The summed E-state index contributed by atoms with van der Waals surface area (Å²) < 4.78 is 27.4. The summed E-state index contributed by atoms with van der Waals surface area (Å²) >= 11 is 0. The largest absolute Gasteiger partial charge is 0.399 e. The molecule has 1 aromatic carbocycles. The molecule has 0 unspecified atom stereocenters. The maximum absolute atomic E-state index is 12.2. The summed E-state index contributed by atoms with van der Waals surface area (Å²) in [7, 11) is -3.25. The second kappa shape index (κ2) is 4.80. The topological polar surface area (TPSA) is 72.2 Å². The Morgan fingerprint density at radius 1 is 1.11 bits per heavy atom. The van der Waals surface area contributed by atoms with Gasteiger partial charge in [-0.05, 0) is 55.2 Å². The number of nitrogens with two attached hydrogens (primary N) is 1. The Bertz CT molecular complexity index is 533. The SMILES string of the molecule is Nc1ccc(CS(=O)(=O)NC(C2CC2)C2CC2)cc1. The van der Waals surface area contributed by atoms with Crippen LogP contribution in [-0.2, 0) is 15.8 Å². The summed E-state index contributed by atoms with van der Waals surface area (Å²) in [5, 5.41) is 0. The molecule has 0 bridgehead atoms. The maximum Gasteiger partial charge on any atom is 0.216 e. The number of hydrogen-bond donors (Lipinski definition) is 2. The first-order chi connectivity index (χ1) is 9.03. The molecule has 2 saturated carbocycles. The summed E-state index contributed by atoms with van der Waals surface area (Å²) in [6.07, 6.45) is 4.69. The van der Waals surface area contributed by atoms with Crippen molar-refractivity contribution in [2.45, 2.75) is 37.5 Å². The van der Waals surface area contributed by atoms with Gasteiger partial charge in [-0.2, -0.15) is 0 Å². The van der Waals surface area contributed by atoms with Crippen LogP contribution in [0.3, 0.4) is 0 Å². The van der Waals surface area contributed by atoms with Gasteiger partial charge in [0.1, 0.15) is 0 Å². The highest BCUT2D eigenvalue weighted by molar-refractivity contribution is 7.88. The van der Waals surface area contributed by atoms with Gasteiger partial charge in [0.2, 0.25) is 10.0 Å². The first kappa shape index (κ1) is 12.9. The van der Waals surface area contributed by atoms with Gasteiger partial charge in [-0.3, -0.25) is 0 Å². The predicted molar refractivity (Wildman–Crippen MR) is 75.8 cm³/mol. The third kappa shape index (κ3) is 3.48. The van der Waals surface area contributed by atoms with E-state index in [1.807, 2.05) is 0 Å². The Morgan fingerprint density at radius 3 is 2.11 bits per heavy atom. The molecule has 104 valence electrons. The van der Waals surface area contributed by atoms with Gasteiger partial charge in [0.15, 0.2) is 0 Å². The van der Waals surface area contributed by atoms with E-state index in [0.717, 1.165) is 5.56 Å². The van der Waals surface area contributed by atoms with Gasteiger partial charge >= 0.3 is 0 Å². The number of sulfonamides is 1. The van der Waals surface area contributed by atoms with Crippen LogP contribution in [0.5, 0.6) is 0 Å². The monoisotopic (exact) mass is 280 g/mol. The van der Waals surface area contributed by atoms with Crippen LogP contribution in [0.25, 0.3) is 0 Å². The van der Waals surface area contributed by atoms with Gasteiger partial charge in [-0.15, -0.1) is 0 Å². The van der Waals surface area contributed by atoms with Crippen molar-refractivity contribution in [1.29, 1.82) is 0 Å². The van der Waals surface area contributed by atoms with E-state index in [-0.39, 0.29) is 11.8 Å². The van der Waals surface area contributed by atoms with Crippen LogP contribution in [0.15, 0.2) is 24.3 Å². The van der Waals surface area contributed by atoms with Gasteiger partial charge in [0.05, 0.1) is 5.75 Å². The normalized spacial score (nSPS) is 19.8. The van der Waals surface area contributed by atoms with Crippen LogP contribution in [0.2, 0.25) is 0 Å². The predicted octanol–water partition coefficient (Wildman–Crippen LogP) is 1.88. The summed E-state index contributed by atoms with van der Waals surface area (Å²) in [4.78, 5) is 0. The van der Waals surface area contributed by atoms with Gasteiger partial charge in [0, 0.05) is 11.7 Å². The number of hydrogen-bond acceptors (Lipinski definition) is 3. The molecule has 19 heavy (non-hydrogen) atoms. The summed E-state index contributed by atoms with van der Waals surface area (Å²) in [5.74, 6) is 1.20. The molecule has 0 atom stereocenters. The van der Waals surface area contributed by atoms with Crippen LogP contribution in [0.1, 0.15) is 31.2 Å². The molecule has 2 fully saturated rings. The third-order valence-corrected chi connectivity index (χ3v) is 5.26. The fourth-order valence-corrected chi connectivity index (χ4v) is 4.08. The first-order valence-corrected chi connectivity index (χ1v) is 8.53. The highest BCUT2D eigenvalue weighted by Crippen LogP contribution is 2.44. The van der Waals surface area contributed by atoms with Crippen molar-refractivity contribution in [3.63, 3.8) is 0 Å². The van der Waals surface area contributed by atoms with Crippen molar-refractivity contribution >= 4 is 15.7 Å². The highest BCUT2D eigenvalue weighted by atomic mass is 32.2. The van der Waals surface area contributed by atoms with Gasteiger partial charge in [0.25, 0.3) is 0 Å². The lowest BCUT2D eigenvalue weighted by molar-refractivity contribution is 0.471. The van der Waals surface area contributed by atoms with Gasteiger partial charge < -0.3 is 5.73 Å². The zero-order valence-corrected chi connectivity index (χ0v) is 11.7. The third-order valence-electron chi connectivity index (χ3n) is 3.91. The molecule has 0 heterocycles. The van der Waals surface area contributed by atoms with Gasteiger partial charge in [-0.1, -0.05) is 12.1 Å². The molecule has 0 amide bonds. The summed E-state index contributed by atoms with van der Waals surface area (Å²) in [5.41, 5.74) is 7.04. The molecule has 3 N–H and O–H groups in total. The Kier molecular flexibility index (Phi) is 3.27. The van der Waals surface area contributed by atoms with E-state index in [1.165, 1.54) is 25.7 Å². The quantitative estimate of drug-likeness (QED) is 0.781. The molecule has 3 rings (SSSR count). The molecule has 2 aliphatic carbocycles. The lowest BCUT2D eigenvalue weighted by Gasteiger charge is -2.17. The average molecular weight is 280 g/mol. The van der Waals surface area contributed by atoms with E-state index < -0.39 is 10.0 Å². The average Bonchev–Trinajstić information content (AvgIpc) is 3.22. The van der Waals surface area contributed by atoms with Crippen molar-refractivity contribution < 1.29 is 8.42 Å². The first-order valence-electron chi connectivity index (χ1n) is 6.88. The number of anilines is 1. The molecular weight excluding hydrogens is 260 g/mol. The minimum atomic E-state index is -3.25. The molecule has 0 aromatic heterocycles. The Balaban J connectivity index is 1.66. The standard InChI is InChI=1S/C14H20N2O2S/c15-13-7-1-10(2-8-13)9-19(17,18)16-14(11-3-4-11)12-5-6-12/h1-2,7-8,11-12,14,16H,3-6,9,15H2.